The molecule has 1 amide bonds. The standard InChI is InChI=1S/C22H19F3N4O3S/c1-26-20-19(33-21(31)27-20)9-13-2-5-18-15(8-13)12-29(28-18)11-14-3-4-16(32-7-6-30)10-17(14)22(23,24)25/h2-5,8-10,12,30H,6-7,11H2,1H3,(H,26,27,31)/b19-9-. The van der Waals surface area contributed by atoms with E-state index in [1.807, 2.05) is 18.2 Å². The number of halogens is 3. The van der Waals surface area contributed by atoms with Gasteiger partial charge >= 0.3 is 6.18 Å². The zero-order chi connectivity index (χ0) is 23.6. The van der Waals surface area contributed by atoms with Gasteiger partial charge in [0.25, 0.3) is 5.24 Å². The lowest BCUT2D eigenvalue weighted by molar-refractivity contribution is -0.138. The molecule has 0 radical (unpaired) electrons. The van der Waals surface area contributed by atoms with Crippen LogP contribution in [0.3, 0.4) is 0 Å². The van der Waals surface area contributed by atoms with Crippen LogP contribution in [0.4, 0.5) is 18.0 Å². The Morgan fingerprint density at radius 3 is 2.82 bits per heavy atom. The van der Waals surface area contributed by atoms with E-state index in [1.165, 1.54) is 16.8 Å². The minimum absolute atomic E-state index is 0.0381. The third-order valence-corrected chi connectivity index (χ3v) is 5.65. The summed E-state index contributed by atoms with van der Waals surface area (Å²) in [4.78, 5) is 16.3. The van der Waals surface area contributed by atoms with E-state index in [4.69, 9.17) is 9.84 Å². The lowest BCUT2D eigenvalue weighted by Crippen LogP contribution is -2.18. The number of alkyl halides is 3. The molecule has 0 aliphatic carbocycles. The molecule has 3 aromatic rings. The summed E-state index contributed by atoms with van der Waals surface area (Å²) < 4.78 is 47.4. The van der Waals surface area contributed by atoms with Crippen LogP contribution < -0.4 is 10.1 Å². The van der Waals surface area contributed by atoms with Gasteiger partial charge in [-0.15, -0.1) is 0 Å². The van der Waals surface area contributed by atoms with Gasteiger partial charge in [0.05, 0.1) is 29.1 Å². The van der Waals surface area contributed by atoms with E-state index in [-0.39, 0.29) is 36.3 Å². The number of carbonyl (C=O) groups excluding carboxylic acids is 1. The first-order valence-electron chi connectivity index (χ1n) is 9.85. The Morgan fingerprint density at radius 1 is 1.27 bits per heavy atom. The van der Waals surface area contributed by atoms with Crippen LogP contribution in [-0.4, -0.2) is 46.2 Å². The fraction of sp³-hybridized carbons (Fsp3) is 0.227. The van der Waals surface area contributed by atoms with Crippen LogP contribution in [0.5, 0.6) is 5.75 Å². The molecule has 1 aliphatic heterocycles. The SMILES string of the molecule is CN=C1NC(=O)S/C1=C\c1ccc2nn(Cc3ccc(OCCO)cc3C(F)(F)F)cc2c1. The number of rotatable bonds is 6. The Labute approximate surface area is 191 Å². The topological polar surface area (TPSA) is 88.7 Å². The van der Waals surface area contributed by atoms with Gasteiger partial charge in [-0.25, -0.2) is 0 Å². The number of amides is 1. The summed E-state index contributed by atoms with van der Waals surface area (Å²) in [5.74, 6) is 0.531. The third kappa shape index (κ3) is 5.20. The highest BCUT2D eigenvalue weighted by molar-refractivity contribution is 8.18. The lowest BCUT2D eigenvalue weighted by atomic mass is 10.1. The van der Waals surface area contributed by atoms with E-state index in [1.54, 1.807) is 19.3 Å². The molecule has 2 heterocycles. The number of ether oxygens (including phenoxy) is 1. The number of nitrogens with zero attached hydrogens (tertiary/aromatic N) is 3. The van der Waals surface area contributed by atoms with E-state index >= 15 is 0 Å². The molecule has 2 N–H and O–H groups in total. The van der Waals surface area contributed by atoms with Crippen molar-refractivity contribution in [2.45, 2.75) is 12.7 Å². The molecule has 11 heteroatoms. The predicted octanol–water partition coefficient (Wildman–Crippen LogP) is 4.30. The monoisotopic (exact) mass is 476 g/mol. The van der Waals surface area contributed by atoms with Gasteiger partial charge in [0.2, 0.25) is 0 Å². The largest absolute Gasteiger partial charge is 0.491 e. The number of amidine groups is 1. The molecule has 0 atom stereocenters. The van der Waals surface area contributed by atoms with E-state index < -0.39 is 11.7 Å². The van der Waals surface area contributed by atoms with Crippen molar-refractivity contribution in [1.29, 1.82) is 0 Å². The van der Waals surface area contributed by atoms with E-state index in [2.05, 4.69) is 15.4 Å². The molecular formula is C22H19F3N4O3S. The normalized spacial score (nSPS) is 16.7. The Balaban J connectivity index is 1.62. The highest BCUT2D eigenvalue weighted by Gasteiger charge is 2.34. The molecule has 0 spiro atoms. The van der Waals surface area contributed by atoms with Crippen LogP contribution in [0.1, 0.15) is 16.7 Å². The van der Waals surface area contributed by atoms with Gasteiger partial charge < -0.3 is 15.2 Å². The number of benzene rings is 2. The molecule has 7 nitrogen and oxygen atoms in total. The number of thioether (sulfide) groups is 1. The second kappa shape index (κ2) is 9.28. The number of aliphatic hydroxyl groups is 1. The summed E-state index contributed by atoms with van der Waals surface area (Å²) >= 11 is 1.04. The fourth-order valence-corrected chi connectivity index (χ4v) is 4.18. The number of hydrogen-bond acceptors (Lipinski definition) is 6. The van der Waals surface area contributed by atoms with Crippen LogP contribution in [0, 0.1) is 0 Å². The summed E-state index contributed by atoms with van der Waals surface area (Å²) in [6.45, 7) is -0.463. The van der Waals surface area contributed by atoms with Gasteiger partial charge in [-0.05, 0) is 53.2 Å². The Morgan fingerprint density at radius 2 is 2.09 bits per heavy atom. The molecule has 2 aromatic carbocycles. The number of fused-ring (bicyclic) bond motifs is 1. The summed E-state index contributed by atoms with van der Waals surface area (Å²) in [7, 11) is 1.59. The maximum atomic E-state index is 13.6. The molecule has 1 aliphatic rings. The van der Waals surface area contributed by atoms with Crippen molar-refractivity contribution in [1.82, 2.24) is 15.1 Å². The number of aromatic nitrogens is 2. The first kappa shape index (κ1) is 22.9. The third-order valence-electron chi connectivity index (χ3n) is 4.83. The number of hydrogen-bond donors (Lipinski definition) is 2. The smallest absolute Gasteiger partial charge is 0.416 e. The van der Waals surface area contributed by atoms with Crippen molar-refractivity contribution in [3.05, 3.63) is 64.2 Å². The second-order valence-corrected chi connectivity index (χ2v) is 8.14. The van der Waals surface area contributed by atoms with E-state index in [0.29, 0.717) is 16.3 Å². The molecule has 0 unspecified atom stereocenters. The maximum absolute atomic E-state index is 13.6. The molecule has 1 saturated heterocycles. The van der Waals surface area contributed by atoms with Gasteiger partial charge in [0.1, 0.15) is 18.2 Å². The molecule has 0 bridgehead atoms. The quantitative estimate of drug-likeness (QED) is 0.554. The number of carbonyl (C=O) groups is 1. The first-order valence-corrected chi connectivity index (χ1v) is 10.7. The molecule has 1 aromatic heterocycles. The first-order chi connectivity index (χ1) is 15.8. The lowest BCUT2D eigenvalue weighted by Gasteiger charge is -2.15. The molecular weight excluding hydrogens is 457 g/mol. The second-order valence-electron chi connectivity index (χ2n) is 7.13. The summed E-state index contributed by atoms with van der Waals surface area (Å²) in [5.41, 5.74) is 0.671. The molecule has 172 valence electrons. The van der Waals surface area contributed by atoms with Crippen molar-refractivity contribution < 1.29 is 27.8 Å². The highest BCUT2D eigenvalue weighted by atomic mass is 32.2. The minimum atomic E-state index is -4.57. The molecule has 4 rings (SSSR count). The summed E-state index contributed by atoms with van der Waals surface area (Å²) in [5, 5.41) is 16.4. The van der Waals surface area contributed by atoms with E-state index in [0.717, 1.165) is 28.8 Å². The van der Waals surface area contributed by atoms with Crippen LogP contribution in [0.15, 0.2) is 52.5 Å². The van der Waals surface area contributed by atoms with Crippen molar-refractivity contribution in [3.8, 4) is 5.75 Å². The van der Waals surface area contributed by atoms with Gasteiger partial charge in [0, 0.05) is 18.6 Å². The Bertz CT molecular complexity index is 1270. The van der Waals surface area contributed by atoms with Crippen LogP contribution >= 0.6 is 11.8 Å². The van der Waals surface area contributed by atoms with Crippen LogP contribution in [0.2, 0.25) is 0 Å². The maximum Gasteiger partial charge on any atom is 0.416 e. The van der Waals surface area contributed by atoms with Gasteiger partial charge in [0.15, 0.2) is 0 Å². The average molecular weight is 476 g/mol. The van der Waals surface area contributed by atoms with Crippen molar-refractivity contribution >= 4 is 39.8 Å². The number of nitrogens with one attached hydrogen (secondary N) is 1. The summed E-state index contributed by atoms with van der Waals surface area (Å²) in [6.07, 6.45) is -1.08. The van der Waals surface area contributed by atoms with Gasteiger partial charge in [-0.1, -0.05) is 12.1 Å². The highest BCUT2D eigenvalue weighted by Crippen LogP contribution is 2.35. The van der Waals surface area contributed by atoms with E-state index in [9.17, 15) is 18.0 Å². The zero-order valence-corrected chi connectivity index (χ0v) is 18.2. The van der Waals surface area contributed by atoms with Gasteiger partial charge in [-0.3, -0.25) is 14.5 Å². The minimum Gasteiger partial charge on any atom is -0.491 e. The fourth-order valence-electron chi connectivity index (χ4n) is 3.40. The van der Waals surface area contributed by atoms with Crippen molar-refractivity contribution in [3.63, 3.8) is 0 Å². The summed E-state index contributed by atoms with van der Waals surface area (Å²) in [6, 6.07) is 9.16. The van der Waals surface area contributed by atoms with Crippen LogP contribution in [0.25, 0.3) is 17.0 Å². The zero-order valence-electron chi connectivity index (χ0n) is 17.4. The molecule has 33 heavy (non-hydrogen) atoms. The van der Waals surface area contributed by atoms with Crippen molar-refractivity contribution in [2.24, 2.45) is 4.99 Å². The Hall–Kier alpha value is -3.31. The predicted molar refractivity (Wildman–Crippen MR) is 120 cm³/mol. The number of aliphatic imine (C=N–C) groups is 1. The van der Waals surface area contributed by atoms with Gasteiger partial charge in [-0.2, -0.15) is 18.3 Å². The Kier molecular flexibility index (Phi) is 6.43. The molecule has 1 fully saturated rings. The van der Waals surface area contributed by atoms with Crippen LogP contribution in [-0.2, 0) is 12.7 Å². The molecule has 0 saturated carbocycles. The number of aliphatic hydroxyl groups excluding tert-OH is 1. The average Bonchev–Trinajstić information content (AvgIpc) is 3.33. The van der Waals surface area contributed by atoms with Crippen molar-refractivity contribution in [2.75, 3.05) is 20.3 Å².